The summed E-state index contributed by atoms with van der Waals surface area (Å²) in [5.74, 6) is -0.952. The quantitative estimate of drug-likeness (QED) is 0.688. The molecule has 0 heterocycles. The van der Waals surface area contributed by atoms with E-state index in [0.717, 1.165) is 0 Å². The van der Waals surface area contributed by atoms with Crippen molar-refractivity contribution in [2.75, 3.05) is 0 Å². The number of carbonyl (C=O) groups is 2. The fourth-order valence-electron chi connectivity index (χ4n) is 2.80. The first-order valence-corrected chi connectivity index (χ1v) is 10.0. The Balaban J connectivity index is 2.30. The predicted octanol–water partition coefficient (Wildman–Crippen LogP) is 5.01. The van der Waals surface area contributed by atoms with Crippen LogP contribution in [0.3, 0.4) is 0 Å². The molecule has 0 aliphatic carbocycles. The van der Waals surface area contributed by atoms with Gasteiger partial charge >= 0.3 is 0 Å². The standard InChI is InChI=1S/C22H25Cl2FN2O2/c1-14(21(29)26-22(2,3)4)27(13-15-8-10-16(25)11-9-15)20(28)12-17-18(23)6-5-7-19(17)24/h5-11,14H,12-13H2,1-4H3,(H,26,29)/t14-/m0/s1. The summed E-state index contributed by atoms with van der Waals surface area (Å²) in [6.45, 7) is 7.42. The molecular formula is C22H25Cl2FN2O2. The topological polar surface area (TPSA) is 49.4 Å². The Morgan fingerprint density at radius 3 is 2.14 bits per heavy atom. The van der Waals surface area contributed by atoms with Crippen LogP contribution < -0.4 is 5.32 Å². The summed E-state index contributed by atoms with van der Waals surface area (Å²) >= 11 is 12.4. The second kappa shape index (κ2) is 9.59. The Hall–Kier alpha value is -2.11. The fourth-order valence-corrected chi connectivity index (χ4v) is 3.33. The number of amides is 2. The molecule has 7 heteroatoms. The highest BCUT2D eigenvalue weighted by Crippen LogP contribution is 2.26. The van der Waals surface area contributed by atoms with E-state index < -0.39 is 11.6 Å². The van der Waals surface area contributed by atoms with Crippen molar-refractivity contribution in [2.24, 2.45) is 0 Å². The van der Waals surface area contributed by atoms with Gasteiger partial charge in [-0.3, -0.25) is 9.59 Å². The number of hydrogen-bond donors (Lipinski definition) is 1. The molecule has 0 spiro atoms. The van der Waals surface area contributed by atoms with Crippen LogP contribution in [0.5, 0.6) is 0 Å². The molecule has 2 amide bonds. The van der Waals surface area contributed by atoms with E-state index in [1.807, 2.05) is 20.8 Å². The molecule has 4 nitrogen and oxygen atoms in total. The molecule has 2 rings (SSSR count). The third kappa shape index (κ3) is 6.72. The highest BCUT2D eigenvalue weighted by Gasteiger charge is 2.29. The van der Waals surface area contributed by atoms with Crippen molar-refractivity contribution < 1.29 is 14.0 Å². The summed E-state index contributed by atoms with van der Waals surface area (Å²) in [5, 5.41) is 3.67. The SMILES string of the molecule is C[C@@H](C(=O)NC(C)(C)C)N(Cc1ccc(F)cc1)C(=O)Cc1c(Cl)cccc1Cl. The normalized spacial score (nSPS) is 12.4. The molecule has 0 aliphatic heterocycles. The van der Waals surface area contributed by atoms with E-state index in [-0.39, 0.29) is 30.6 Å². The molecule has 0 radical (unpaired) electrons. The Bertz CT molecular complexity index is 859. The summed E-state index contributed by atoms with van der Waals surface area (Å²) in [7, 11) is 0. The second-order valence-corrected chi connectivity index (χ2v) is 8.75. The van der Waals surface area contributed by atoms with Gasteiger partial charge in [0.25, 0.3) is 0 Å². The Morgan fingerprint density at radius 1 is 1.07 bits per heavy atom. The lowest BCUT2D eigenvalue weighted by atomic mass is 10.1. The van der Waals surface area contributed by atoms with E-state index in [2.05, 4.69) is 5.32 Å². The highest BCUT2D eigenvalue weighted by molar-refractivity contribution is 6.36. The predicted molar refractivity (Wildman–Crippen MR) is 114 cm³/mol. The second-order valence-electron chi connectivity index (χ2n) is 7.94. The van der Waals surface area contributed by atoms with Crippen LogP contribution in [0.25, 0.3) is 0 Å². The van der Waals surface area contributed by atoms with Gasteiger partial charge in [0.05, 0.1) is 6.42 Å². The van der Waals surface area contributed by atoms with E-state index in [9.17, 15) is 14.0 Å². The average Bonchev–Trinajstić information content (AvgIpc) is 2.62. The van der Waals surface area contributed by atoms with Gasteiger partial charge in [-0.25, -0.2) is 4.39 Å². The summed E-state index contributed by atoms with van der Waals surface area (Å²) in [4.78, 5) is 27.3. The molecule has 0 aliphatic rings. The van der Waals surface area contributed by atoms with Gasteiger partial charge in [0, 0.05) is 22.1 Å². The lowest BCUT2D eigenvalue weighted by Gasteiger charge is -2.31. The smallest absolute Gasteiger partial charge is 0.242 e. The number of hydrogen-bond acceptors (Lipinski definition) is 2. The van der Waals surface area contributed by atoms with Crippen LogP contribution in [0.2, 0.25) is 10.0 Å². The van der Waals surface area contributed by atoms with Gasteiger partial charge in [0.15, 0.2) is 0 Å². The van der Waals surface area contributed by atoms with Crippen molar-refractivity contribution >= 4 is 35.0 Å². The van der Waals surface area contributed by atoms with Crippen LogP contribution in [-0.4, -0.2) is 28.3 Å². The number of rotatable bonds is 6. The monoisotopic (exact) mass is 438 g/mol. The fraction of sp³-hybridized carbons (Fsp3) is 0.364. The van der Waals surface area contributed by atoms with Crippen LogP contribution in [0, 0.1) is 5.82 Å². The van der Waals surface area contributed by atoms with E-state index in [0.29, 0.717) is 21.2 Å². The van der Waals surface area contributed by atoms with Gasteiger partial charge < -0.3 is 10.2 Å². The highest BCUT2D eigenvalue weighted by atomic mass is 35.5. The van der Waals surface area contributed by atoms with E-state index in [1.54, 1.807) is 37.3 Å². The summed E-state index contributed by atoms with van der Waals surface area (Å²) in [5.41, 5.74) is 0.774. The maximum absolute atomic E-state index is 13.3. The molecule has 156 valence electrons. The van der Waals surface area contributed by atoms with Gasteiger partial charge in [-0.2, -0.15) is 0 Å². The van der Waals surface area contributed by atoms with E-state index in [4.69, 9.17) is 23.2 Å². The Kier molecular flexibility index (Phi) is 7.66. The molecule has 0 unspecified atom stereocenters. The zero-order valence-corrected chi connectivity index (χ0v) is 18.4. The third-order valence-electron chi connectivity index (χ3n) is 4.32. The number of nitrogens with one attached hydrogen (secondary N) is 1. The van der Waals surface area contributed by atoms with Gasteiger partial charge in [-0.05, 0) is 63.1 Å². The largest absolute Gasteiger partial charge is 0.350 e. The minimum absolute atomic E-state index is 0.0488. The number of nitrogens with zero attached hydrogens (tertiary/aromatic N) is 1. The van der Waals surface area contributed by atoms with Crippen molar-refractivity contribution in [2.45, 2.75) is 52.2 Å². The molecule has 2 aromatic carbocycles. The van der Waals surface area contributed by atoms with Crippen LogP contribution >= 0.6 is 23.2 Å². The molecule has 1 atom stereocenters. The van der Waals surface area contributed by atoms with Gasteiger partial charge in [-0.1, -0.05) is 41.4 Å². The Morgan fingerprint density at radius 2 is 1.62 bits per heavy atom. The van der Waals surface area contributed by atoms with Crippen molar-refractivity contribution in [3.05, 3.63) is 69.5 Å². The zero-order valence-electron chi connectivity index (χ0n) is 16.9. The van der Waals surface area contributed by atoms with Crippen molar-refractivity contribution in [3.63, 3.8) is 0 Å². The van der Waals surface area contributed by atoms with E-state index >= 15 is 0 Å². The number of carbonyl (C=O) groups excluding carboxylic acids is 2. The van der Waals surface area contributed by atoms with Gasteiger partial charge in [0.1, 0.15) is 11.9 Å². The number of benzene rings is 2. The summed E-state index contributed by atoms with van der Waals surface area (Å²) in [6, 6.07) is 10.1. The minimum atomic E-state index is -0.743. The summed E-state index contributed by atoms with van der Waals surface area (Å²) < 4.78 is 13.3. The maximum Gasteiger partial charge on any atom is 0.242 e. The van der Waals surface area contributed by atoms with E-state index in [1.165, 1.54) is 17.0 Å². The molecule has 2 aromatic rings. The van der Waals surface area contributed by atoms with Crippen molar-refractivity contribution in [1.29, 1.82) is 0 Å². The molecule has 1 N–H and O–H groups in total. The van der Waals surface area contributed by atoms with Crippen LogP contribution in [0.4, 0.5) is 4.39 Å². The average molecular weight is 439 g/mol. The van der Waals surface area contributed by atoms with Crippen LogP contribution in [0.1, 0.15) is 38.8 Å². The van der Waals surface area contributed by atoms with Gasteiger partial charge in [0.2, 0.25) is 11.8 Å². The first kappa shape index (κ1) is 23.2. The lowest BCUT2D eigenvalue weighted by Crippen LogP contribution is -2.52. The van der Waals surface area contributed by atoms with Crippen molar-refractivity contribution in [3.8, 4) is 0 Å². The Labute approximate surface area is 181 Å². The molecule has 0 saturated heterocycles. The maximum atomic E-state index is 13.3. The van der Waals surface area contributed by atoms with Crippen molar-refractivity contribution in [1.82, 2.24) is 10.2 Å². The molecule has 0 aromatic heterocycles. The number of halogens is 3. The third-order valence-corrected chi connectivity index (χ3v) is 5.03. The first-order chi connectivity index (χ1) is 13.5. The summed E-state index contributed by atoms with van der Waals surface area (Å²) in [6.07, 6.45) is -0.0488. The minimum Gasteiger partial charge on any atom is -0.350 e. The van der Waals surface area contributed by atoms with Crippen LogP contribution in [-0.2, 0) is 22.6 Å². The molecule has 0 saturated carbocycles. The molecule has 29 heavy (non-hydrogen) atoms. The first-order valence-electron chi connectivity index (χ1n) is 9.27. The lowest BCUT2D eigenvalue weighted by molar-refractivity contribution is -0.140. The molecule has 0 fully saturated rings. The zero-order chi connectivity index (χ0) is 21.8. The molecule has 0 bridgehead atoms. The van der Waals surface area contributed by atoms with Crippen LogP contribution in [0.15, 0.2) is 42.5 Å². The molecular weight excluding hydrogens is 414 g/mol. The van der Waals surface area contributed by atoms with Gasteiger partial charge in [-0.15, -0.1) is 0 Å².